The molecule has 0 saturated carbocycles. The predicted molar refractivity (Wildman–Crippen MR) is 145 cm³/mol. The number of nitrogens with one attached hydrogen (secondary N) is 2. The maximum absolute atomic E-state index is 14.1. The number of fused-ring (bicyclic) bond motifs is 1. The molecule has 216 valence electrons. The second-order valence-corrected chi connectivity index (χ2v) is 10.4. The van der Waals surface area contributed by atoms with Crippen molar-refractivity contribution in [3.05, 3.63) is 101 Å². The van der Waals surface area contributed by atoms with E-state index < -0.39 is 42.3 Å². The summed E-state index contributed by atoms with van der Waals surface area (Å²) < 4.78 is 60.9. The van der Waals surface area contributed by atoms with Gasteiger partial charge in [-0.2, -0.15) is 0 Å². The van der Waals surface area contributed by atoms with Gasteiger partial charge in [0, 0.05) is 12.7 Å². The van der Waals surface area contributed by atoms with Crippen LogP contribution in [0.2, 0.25) is 0 Å². The summed E-state index contributed by atoms with van der Waals surface area (Å²) in [5.41, 5.74) is 1.35. The Morgan fingerprint density at radius 1 is 1.10 bits per heavy atom. The molecular weight excluding hydrogens is 537 g/mol. The van der Waals surface area contributed by atoms with E-state index in [0.717, 1.165) is 23.3 Å². The van der Waals surface area contributed by atoms with Gasteiger partial charge in [0.1, 0.15) is 30.6 Å². The van der Waals surface area contributed by atoms with Gasteiger partial charge >= 0.3 is 0 Å². The molecule has 1 aliphatic rings. The van der Waals surface area contributed by atoms with Crippen LogP contribution < -0.4 is 15.4 Å². The lowest BCUT2D eigenvalue weighted by Crippen LogP contribution is -2.54. The second-order valence-electron chi connectivity index (χ2n) is 10.4. The van der Waals surface area contributed by atoms with Gasteiger partial charge in [0.25, 0.3) is 5.91 Å². The Morgan fingerprint density at radius 2 is 1.83 bits per heavy atom. The molecule has 0 radical (unpaired) electrons. The number of hydrogen-bond acceptors (Lipinski definition) is 6. The van der Waals surface area contributed by atoms with Gasteiger partial charge < -0.3 is 19.5 Å². The van der Waals surface area contributed by atoms with Crippen molar-refractivity contribution in [2.45, 2.75) is 52.0 Å². The van der Waals surface area contributed by atoms with E-state index in [0.29, 0.717) is 17.9 Å². The van der Waals surface area contributed by atoms with Crippen molar-refractivity contribution in [2.24, 2.45) is 0 Å². The molecule has 1 aliphatic heterocycles. The molecule has 2 aromatic heterocycles. The summed E-state index contributed by atoms with van der Waals surface area (Å²) in [4.78, 5) is 17.8. The lowest BCUT2D eigenvalue weighted by molar-refractivity contribution is 0.0384. The van der Waals surface area contributed by atoms with Crippen molar-refractivity contribution in [1.29, 1.82) is 0 Å². The highest BCUT2D eigenvalue weighted by Gasteiger charge is 2.44. The van der Waals surface area contributed by atoms with Crippen molar-refractivity contribution in [2.75, 3.05) is 13.2 Å². The molecule has 2 N–H and O–H groups in total. The summed E-state index contributed by atoms with van der Waals surface area (Å²) in [5, 5.41) is 5.86. The number of halogens is 3. The highest BCUT2D eigenvalue weighted by Crippen LogP contribution is 2.27. The van der Waals surface area contributed by atoms with E-state index in [1.807, 2.05) is 30.3 Å². The number of pyridine rings is 1. The molecule has 2 aromatic carbocycles. The Bertz CT molecular complexity index is 1530. The molecule has 1 saturated heterocycles. The Morgan fingerprint density at radius 3 is 2.54 bits per heavy atom. The van der Waals surface area contributed by atoms with Crippen LogP contribution in [0.1, 0.15) is 39.8 Å². The summed E-state index contributed by atoms with van der Waals surface area (Å²) >= 11 is 0. The van der Waals surface area contributed by atoms with Crippen molar-refractivity contribution in [3.8, 4) is 5.75 Å². The van der Waals surface area contributed by atoms with E-state index in [1.54, 1.807) is 37.4 Å². The third kappa shape index (κ3) is 6.53. The number of aromatic nitrogens is 2. The summed E-state index contributed by atoms with van der Waals surface area (Å²) in [5.74, 6) is -1.65. The van der Waals surface area contributed by atoms with Crippen LogP contribution in [0.4, 0.5) is 13.2 Å². The molecule has 1 amide bonds. The largest absolute Gasteiger partial charge is 0.485 e. The van der Waals surface area contributed by atoms with Gasteiger partial charge in [0.15, 0.2) is 23.9 Å². The maximum atomic E-state index is 14.1. The SMILES string of the molecule is Cc1cc(OCc2c(F)cccc2F)c2nc(C)c(C(=O)NCC(C)(CF)NC3OC3OCc3ccccc3)n2c1. The average Bonchev–Trinajstić information content (AvgIpc) is 3.60. The second kappa shape index (κ2) is 11.9. The van der Waals surface area contributed by atoms with Gasteiger partial charge in [-0.25, -0.2) is 18.2 Å². The minimum Gasteiger partial charge on any atom is -0.485 e. The number of amides is 1. The average molecular weight is 569 g/mol. The zero-order valence-corrected chi connectivity index (χ0v) is 22.9. The normalized spacial score (nSPS) is 17.8. The zero-order chi connectivity index (χ0) is 29.1. The van der Waals surface area contributed by atoms with Crippen molar-refractivity contribution in [1.82, 2.24) is 20.0 Å². The molecule has 8 nitrogen and oxygen atoms in total. The van der Waals surface area contributed by atoms with Gasteiger partial charge in [0.2, 0.25) is 0 Å². The van der Waals surface area contributed by atoms with Crippen molar-refractivity contribution in [3.63, 3.8) is 0 Å². The number of alkyl halides is 1. The van der Waals surface area contributed by atoms with Crippen LogP contribution in [-0.2, 0) is 22.7 Å². The number of nitrogens with zero attached hydrogens (tertiary/aromatic N) is 2. The first-order valence-electron chi connectivity index (χ1n) is 13.2. The number of benzene rings is 2. The first-order chi connectivity index (χ1) is 19.7. The Balaban J connectivity index is 1.24. The highest BCUT2D eigenvalue weighted by molar-refractivity contribution is 5.95. The molecule has 5 rings (SSSR count). The fourth-order valence-corrected chi connectivity index (χ4v) is 4.48. The minimum absolute atomic E-state index is 0.0397. The smallest absolute Gasteiger partial charge is 0.270 e. The van der Waals surface area contributed by atoms with E-state index in [9.17, 15) is 18.0 Å². The molecular formula is C30H31F3N4O4. The summed E-state index contributed by atoms with van der Waals surface area (Å²) in [7, 11) is 0. The van der Waals surface area contributed by atoms with E-state index >= 15 is 0 Å². The van der Waals surface area contributed by atoms with Crippen LogP contribution in [0.5, 0.6) is 5.75 Å². The third-order valence-corrected chi connectivity index (χ3v) is 6.78. The van der Waals surface area contributed by atoms with E-state index in [2.05, 4.69) is 15.6 Å². The highest BCUT2D eigenvalue weighted by atomic mass is 19.1. The Kier molecular flexibility index (Phi) is 8.30. The van der Waals surface area contributed by atoms with E-state index in [1.165, 1.54) is 6.07 Å². The summed E-state index contributed by atoms with van der Waals surface area (Å²) in [6, 6.07) is 14.9. The van der Waals surface area contributed by atoms with Crippen molar-refractivity contribution >= 4 is 11.6 Å². The Labute approximate surface area is 235 Å². The van der Waals surface area contributed by atoms with Gasteiger partial charge in [-0.05, 0) is 50.1 Å². The first-order valence-corrected chi connectivity index (χ1v) is 13.2. The number of carbonyl (C=O) groups is 1. The van der Waals surface area contributed by atoms with Gasteiger partial charge in [-0.15, -0.1) is 0 Å². The molecule has 0 spiro atoms. The molecule has 3 atom stereocenters. The van der Waals surface area contributed by atoms with Gasteiger partial charge in [0.05, 0.1) is 23.4 Å². The standard InChI is InChI=1S/C30H31F3N4O4/c1-18-12-24(39-15-21-22(32)10-7-11-23(21)33)26-35-19(2)25(37(26)13-18)27(38)34-17-30(3,16-31)36-28-29(41-28)40-14-20-8-5-4-6-9-20/h4-13,28-29,36H,14-17H2,1-3H3,(H,34,38). The molecule has 4 aromatic rings. The van der Waals surface area contributed by atoms with Crippen LogP contribution in [0.3, 0.4) is 0 Å². The third-order valence-electron chi connectivity index (χ3n) is 6.78. The van der Waals surface area contributed by atoms with Gasteiger partial charge in [-0.1, -0.05) is 36.4 Å². The topological polar surface area (TPSA) is 89.4 Å². The number of imidazole rings is 1. The number of aryl methyl sites for hydroxylation is 2. The zero-order valence-electron chi connectivity index (χ0n) is 22.9. The lowest BCUT2D eigenvalue weighted by Gasteiger charge is -2.27. The molecule has 1 fully saturated rings. The van der Waals surface area contributed by atoms with Crippen molar-refractivity contribution < 1.29 is 32.2 Å². The van der Waals surface area contributed by atoms with E-state index in [4.69, 9.17) is 14.2 Å². The number of hydrogen-bond donors (Lipinski definition) is 2. The number of rotatable bonds is 12. The van der Waals surface area contributed by atoms with Gasteiger partial charge in [-0.3, -0.25) is 14.5 Å². The van der Waals surface area contributed by atoms with Crippen LogP contribution >= 0.6 is 0 Å². The molecule has 0 aliphatic carbocycles. The lowest BCUT2D eigenvalue weighted by atomic mass is 10.0. The summed E-state index contributed by atoms with van der Waals surface area (Å²) in [6.07, 6.45) is 0.688. The van der Waals surface area contributed by atoms with Crippen LogP contribution in [0.25, 0.3) is 5.65 Å². The molecule has 11 heteroatoms. The fraction of sp³-hybridized carbons (Fsp3) is 0.333. The van der Waals surface area contributed by atoms with Crippen LogP contribution in [-0.4, -0.2) is 46.6 Å². The minimum atomic E-state index is -1.12. The number of carbonyl (C=O) groups excluding carboxylic acids is 1. The summed E-state index contributed by atoms with van der Waals surface area (Å²) in [6.45, 7) is 4.30. The van der Waals surface area contributed by atoms with E-state index in [-0.39, 0.29) is 30.2 Å². The molecule has 3 heterocycles. The molecule has 3 unspecified atom stereocenters. The Hall–Kier alpha value is -3.93. The molecule has 41 heavy (non-hydrogen) atoms. The van der Waals surface area contributed by atoms with Crippen LogP contribution in [0.15, 0.2) is 60.8 Å². The maximum Gasteiger partial charge on any atom is 0.270 e. The predicted octanol–water partition coefficient (Wildman–Crippen LogP) is 4.76. The molecule has 0 bridgehead atoms. The monoisotopic (exact) mass is 568 g/mol. The first kappa shape index (κ1) is 28.6. The number of epoxide rings is 1. The quantitative estimate of drug-likeness (QED) is 0.240. The fourth-order valence-electron chi connectivity index (χ4n) is 4.48. The number of ether oxygens (including phenoxy) is 3. The van der Waals surface area contributed by atoms with Crippen LogP contribution in [0, 0.1) is 25.5 Å².